The number of halogens is 1. The van der Waals surface area contributed by atoms with Crippen LogP contribution < -0.4 is 5.73 Å². The van der Waals surface area contributed by atoms with Crippen molar-refractivity contribution >= 4 is 27.7 Å². The maximum Gasteiger partial charge on any atom is 0.134 e. The number of hydrogen-bond acceptors (Lipinski definition) is 3. The molecule has 0 amide bonds. The molecule has 102 valence electrons. The molecule has 4 heteroatoms. The SMILES string of the molecule is CC(CN)CSCc1ccc(-c2ccc(Br)cc2)o1. The summed E-state index contributed by atoms with van der Waals surface area (Å²) in [5.74, 6) is 4.49. The zero-order valence-electron chi connectivity index (χ0n) is 10.9. The molecule has 0 fully saturated rings. The molecule has 19 heavy (non-hydrogen) atoms. The molecule has 0 spiro atoms. The maximum absolute atomic E-state index is 5.86. The number of thioether (sulfide) groups is 1. The van der Waals surface area contributed by atoms with Gasteiger partial charge >= 0.3 is 0 Å². The molecule has 1 heterocycles. The topological polar surface area (TPSA) is 39.2 Å². The summed E-state index contributed by atoms with van der Waals surface area (Å²) >= 11 is 5.30. The van der Waals surface area contributed by atoms with Gasteiger partial charge in [0.15, 0.2) is 0 Å². The molecular formula is C15H18BrNOS. The molecule has 0 saturated heterocycles. The second-order valence-corrected chi connectivity index (χ2v) is 6.57. The number of furan rings is 1. The van der Waals surface area contributed by atoms with Crippen LogP contribution in [-0.2, 0) is 5.75 Å². The van der Waals surface area contributed by atoms with Gasteiger partial charge in [-0.05, 0) is 42.5 Å². The van der Waals surface area contributed by atoms with E-state index in [2.05, 4.69) is 41.1 Å². The molecule has 2 nitrogen and oxygen atoms in total. The molecule has 0 aliphatic heterocycles. The second-order valence-electron chi connectivity index (χ2n) is 4.63. The Bertz CT molecular complexity index is 509. The minimum atomic E-state index is 0.561. The van der Waals surface area contributed by atoms with Crippen molar-refractivity contribution in [2.45, 2.75) is 12.7 Å². The number of benzene rings is 1. The van der Waals surface area contributed by atoms with Crippen molar-refractivity contribution in [1.82, 2.24) is 0 Å². The number of nitrogens with two attached hydrogens (primary N) is 1. The van der Waals surface area contributed by atoms with Crippen LogP contribution in [0.2, 0.25) is 0 Å². The fraction of sp³-hybridized carbons (Fsp3) is 0.333. The van der Waals surface area contributed by atoms with Gasteiger partial charge in [0.05, 0.1) is 5.75 Å². The Balaban J connectivity index is 1.93. The summed E-state index contributed by atoms with van der Waals surface area (Å²) in [5, 5.41) is 0. The van der Waals surface area contributed by atoms with E-state index in [9.17, 15) is 0 Å². The van der Waals surface area contributed by atoms with E-state index in [0.717, 1.165) is 39.6 Å². The monoisotopic (exact) mass is 339 g/mol. The van der Waals surface area contributed by atoms with Gasteiger partial charge in [0, 0.05) is 10.0 Å². The van der Waals surface area contributed by atoms with Crippen LogP contribution in [0, 0.1) is 5.92 Å². The molecule has 2 rings (SSSR count). The first-order valence-electron chi connectivity index (χ1n) is 6.31. The summed E-state index contributed by atoms with van der Waals surface area (Å²) in [4.78, 5) is 0. The quantitative estimate of drug-likeness (QED) is 0.839. The van der Waals surface area contributed by atoms with Crippen molar-refractivity contribution < 1.29 is 4.42 Å². The molecular weight excluding hydrogens is 322 g/mol. The Labute approximate surface area is 126 Å². The Kier molecular flexibility index (Phi) is 5.55. The van der Waals surface area contributed by atoms with Crippen molar-refractivity contribution in [1.29, 1.82) is 0 Å². The minimum absolute atomic E-state index is 0.561. The number of rotatable bonds is 6. The molecule has 2 aromatic rings. The van der Waals surface area contributed by atoms with Gasteiger partial charge in [-0.15, -0.1) is 0 Å². The standard InChI is InChI=1S/C15H18BrNOS/c1-11(8-17)9-19-10-14-6-7-15(18-14)12-2-4-13(16)5-3-12/h2-7,11H,8-10,17H2,1H3. The van der Waals surface area contributed by atoms with Gasteiger partial charge in [0.25, 0.3) is 0 Å². The van der Waals surface area contributed by atoms with Gasteiger partial charge in [-0.2, -0.15) is 11.8 Å². The van der Waals surface area contributed by atoms with Gasteiger partial charge < -0.3 is 10.2 Å². The first-order valence-corrected chi connectivity index (χ1v) is 8.26. The molecule has 0 aliphatic rings. The third-order valence-electron chi connectivity index (χ3n) is 2.84. The van der Waals surface area contributed by atoms with Crippen LogP contribution in [0.1, 0.15) is 12.7 Å². The fourth-order valence-electron chi connectivity index (χ4n) is 1.65. The highest BCUT2D eigenvalue weighted by molar-refractivity contribution is 9.10. The van der Waals surface area contributed by atoms with E-state index in [-0.39, 0.29) is 0 Å². The van der Waals surface area contributed by atoms with E-state index in [4.69, 9.17) is 10.2 Å². The number of hydrogen-bond donors (Lipinski definition) is 1. The molecule has 1 aromatic carbocycles. The van der Waals surface area contributed by atoms with E-state index in [0.29, 0.717) is 5.92 Å². The summed E-state index contributed by atoms with van der Waals surface area (Å²) in [6, 6.07) is 12.2. The largest absolute Gasteiger partial charge is 0.460 e. The average Bonchev–Trinajstić information content (AvgIpc) is 2.88. The van der Waals surface area contributed by atoms with E-state index < -0.39 is 0 Å². The Morgan fingerprint density at radius 1 is 1.21 bits per heavy atom. The Hall–Kier alpha value is -0.710. The normalized spacial score (nSPS) is 12.6. The molecule has 1 unspecified atom stereocenters. The predicted molar refractivity (Wildman–Crippen MR) is 86.2 cm³/mol. The summed E-state index contributed by atoms with van der Waals surface area (Å²) in [7, 11) is 0. The van der Waals surface area contributed by atoms with Gasteiger partial charge in [-0.1, -0.05) is 35.0 Å². The maximum atomic E-state index is 5.86. The molecule has 2 N–H and O–H groups in total. The predicted octanol–water partition coefficient (Wildman–Crippen LogP) is 4.54. The highest BCUT2D eigenvalue weighted by Crippen LogP contribution is 2.26. The third kappa shape index (κ3) is 4.41. The Morgan fingerprint density at radius 3 is 2.63 bits per heavy atom. The molecule has 1 aromatic heterocycles. The highest BCUT2D eigenvalue weighted by Gasteiger charge is 2.06. The van der Waals surface area contributed by atoms with Crippen molar-refractivity contribution in [3.63, 3.8) is 0 Å². The van der Waals surface area contributed by atoms with Crippen LogP contribution >= 0.6 is 27.7 Å². The van der Waals surface area contributed by atoms with Crippen molar-refractivity contribution in [3.8, 4) is 11.3 Å². The van der Waals surface area contributed by atoms with E-state index >= 15 is 0 Å². The summed E-state index contributed by atoms with van der Waals surface area (Å²) in [6.07, 6.45) is 0. The second kappa shape index (κ2) is 7.17. The summed E-state index contributed by atoms with van der Waals surface area (Å²) < 4.78 is 6.94. The molecule has 1 atom stereocenters. The summed E-state index contributed by atoms with van der Waals surface area (Å²) in [6.45, 7) is 2.91. The lowest BCUT2D eigenvalue weighted by Crippen LogP contribution is -2.12. The van der Waals surface area contributed by atoms with Gasteiger partial charge in [-0.3, -0.25) is 0 Å². The molecule has 0 bridgehead atoms. The van der Waals surface area contributed by atoms with Gasteiger partial charge in [0.2, 0.25) is 0 Å². The molecule has 0 saturated carbocycles. The van der Waals surface area contributed by atoms with E-state index in [1.165, 1.54) is 0 Å². The van der Waals surface area contributed by atoms with Crippen LogP contribution in [0.3, 0.4) is 0 Å². The van der Waals surface area contributed by atoms with Crippen LogP contribution in [0.4, 0.5) is 0 Å². The first kappa shape index (κ1) is 14.7. The summed E-state index contributed by atoms with van der Waals surface area (Å²) in [5.41, 5.74) is 6.71. The lowest BCUT2D eigenvalue weighted by atomic mass is 10.2. The lowest BCUT2D eigenvalue weighted by Gasteiger charge is -2.06. The molecule has 0 radical (unpaired) electrons. The van der Waals surface area contributed by atoms with E-state index in [1.54, 1.807) is 0 Å². The average molecular weight is 340 g/mol. The first-order chi connectivity index (χ1) is 9.19. The zero-order valence-corrected chi connectivity index (χ0v) is 13.3. The van der Waals surface area contributed by atoms with Crippen LogP contribution in [0.25, 0.3) is 11.3 Å². The fourth-order valence-corrected chi connectivity index (χ4v) is 2.93. The zero-order chi connectivity index (χ0) is 13.7. The van der Waals surface area contributed by atoms with Crippen molar-refractivity contribution in [3.05, 3.63) is 46.6 Å². The van der Waals surface area contributed by atoms with E-state index in [1.807, 2.05) is 30.0 Å². The van der Waals surface area contributed by atoms with Crippen molar-refractivity contribution in [2.75, 3.05) is 12.3 Å². The smallest absolute Gasteiger partial charge is 0.134 e. The van der Waals surface area contributed by atoms with Crippen molar-refractivity contribution in [2.24, 2.45) is 11.7 Å². The molecule has 0 aliphatic carbocycles. The third-order valence-corrected chi connectivity index (χ3v) is 4.66. The van der Waals surface area contributed by atoms with Gasteiger partial charge in [-0.25, -0.2) is 0 Å². The van der Waals surface area contributed by atoms with Crippen LogP contribution in [0.15, 0.2) is 45.3 Å². The Morgan fingerprint density at radius 2 is 1.95 bits per heavy atom. The van der Waals surface area contributed by atoms with Crippen LogP contribution in [-0.4, -0.2) is 12.3 Å². The van der Waals surface area contributed by atoms with Gasteiger partial charge in [0.1, 0.15) is 11.5 Å². The van der Waals surface area contributed by atoms with Crippen LogP contribution in [0.5, 0.6) is 0 Å². The highest BCUT2D eigenvalue weighted by atomic mass is 79.9. The minimum Gasteiger partial charge on any atom is -0.460 e. The lowest BCUT2D eigenvalue weighted by molar-refractivity contribution is 0.544.